The molecular weight excluding hydrogens is 588 g/mol. The zero-order valence-corrected chi connectivity index (χ0v) is 26.4. The molecule has 0 aliphatic carbocycles. The van der Waals surface area contributed by atoms with E-state index in [9.17, 15) is 14.4 Å². The van der Waals surface area contributed by atoms with E-state index in [1.54, 1.807) is 6.92 Å². The molecule has 246 valence electrons. The van der Waals surface area contributed by atoms with Crippen LogP contribution in [0, 0.1) is 0 Å². The first-order valence-electron chi connectivity index (χ1n) is 14.9. The van der Waals surface area contributed by atoms with E-state index in [4.69, 9.17) is 42.6 Å². The largest absolute Gasteiger partial charge is 0.456 e. The lowest BCUT2D eigenvalue weighted by atomic mass is 9.96. The van der Waals surface area contributed by atoms with E-state index in [0.717, 1.165) is 11.1 Å². The molecule has 2 fully saturated rings. The van der Waals surface area contributed by atoms with Crippen molar-refractivity contribution in [3.63, 3.8) is 0 Å². The van der Waals surface area contributed by atoms with Gasteiger partial charge in [0.25, 0.3) is 0 Å². The van der Waals surface area contributed by atoms with Gasteiger partial charge in [-0.15, -0.1) is 0 Å². The Labute approximate surface area is 263 Å². The van der Waals surface area contributed by atoms with Crippen molar-refractivity contribution in [3.8, 4) is 0 Å². The minimum atomic E-state index is -1.31. The maximum absolute atomic E-state index is 12.3. The maximum Gasteiger partial charge on any atom is 0.303 e. The number of ether oxygens (including phenoxy) is 9. The number of esters is 3. The average Bonchev–Trinajstić information content (AvgIpc) is 3.00. The highest BCUT2D eigenvalue weighted by molar-refractivity contribution is 5.68. The first-order chi connectivity index (χ1) is 21.6. The molecule has 2 aromatic rings. The molecule has 10 atom stereocenters. The number of carbonyl (C=O) groups is 3. The van der Waals surface area contributed by atoms with Gasteiger partial charge in [0, 0.05) is 27.9 Å². The zero-order valence-electron chi connectivity index (χ0n) is 26.4. The molecule has 0 amide bonds. The molecule has 45 heavy (non-hydrogen) atoms. The van der Waals surface area contributed by atoms with Crippen molar-refractivity contribution < 1.29 is 57.0 Å². The fraction of sp³-hybridized carbons (Fsp3) is 0.545. The normalized spacial score (nSPS) is 31.5. The molecule has 2 aliphatic heterocycles. The van der Waals surface area contributed by atoms with E-state index >= 15 is 0 Å². The Morgan fingerprint density at radius 3 is 1.53 bits per heavy atom. The number of hydrogen-bond donors (Lipinski definition) is 0. The summed E-state index contributed by atoms with van der Waals surface area (Å²) in [7, 11) is 1.50. The Hall–Kier alpha value is -3.39. The van der Waals surface area contributed by atoms with Gasteiger partial charge in [0.15, 0.2) is 30.9 Å². The number of rotatable bonds is 12. The van der Waals surface area contributed by atoms with Gasteiger partial charge in [-0.2, -0.15) is 0 Å². The van der Waals surface area contributed by atoms with Crippen LogP contribution >= 0.6 is 0 Å². The van der Waals surface area contributed by atoms with Gasteiger partial charge in [-0.05, 0) is 25.0 Å². The highest BCUT2D eigenvalue weighted by Crippen LogP contribution is 2.35. The lowest BCUT2D eigenvalue weighted by Crippen LogP contribution is -2.65. The second kappa shape index (κ2) is 16.3. The van der Waals surface area contributed by atoms with Crippen LogP contribution in [0.3, 0.4) is 0 Å². The Morgan fingerprint density at radius 2 is 1.02 bits per heavy atom. The van der Waals surface area contributed by atoms with Crippen LogP contribution < -0.4 is 0 Å². The summed E-state index contributed by atoms with van der Waals surface area (Å²) in [4.78, 5) is 36.5. The molecule has 0 radical (unpaired) electrons. The van der Waals surface area contributed by atoms with Gasteiger partial charge in [-0.25, -0.2) is 0 Å². The Bertz CT molecular complexity index is 1240. The predicted molar refractivity (Wildman–Crippen MR) is 157 cm³/mol. The SMILES string of the molecule is CO[C@H]1O[C@H](C)[C@H](OCc2ccccc2)[C@H](O[C@@H]2O[C@@H](C)[C@H](OC(C)=O)[C@@H](OC(C)=O)[C@H]2OC(C)=O)[C@H]1OCc1ccccc1. The molecule has 4 rings (SSSR count). The second-order valence-corrected chi connectivity index (χ2v) is 11.0. The van der Waals surface area contributed by atoms with Gasteiger partial charge >= 0.3 is 17.9 Å². The minimum absolute atomic E-state index is 0.203. The standard InChI is InChI=1S/C33H42O12/c1-19-26(38-17-24-13-9-7-10-14-24)28(30(32(37-6)40-19)39-18-25-15-11-8-12-16-25)45-33-31(44-23(5)36)29(43-22(4)35)27(20(2)41-33)42-21(3)34/h7-16,19-20,26-33H,17-18H2,1-6H3/t19-,20+,26+,27+,28+,29-,30-,31-,32+,33+/m1/s1. The smallest absolute Gasteiger partial charge is 0.303 e. The summed E-state index contributed by atoms with van der Waals surface area (Å²) in [5.41, 5.74) is 1.84. The summed E-state index contributed by atoms with van der Waals surface area (Å²) in [6.07, 6.45) is -9.59. The summed E-state index contributed by atoms with van der Waals surface area (Å²) >= 11 is 0. The molecule has 12 nitrogen and oxygen atoms in total. The zero-order chi connectivity index (χ0) is 32.5. The molecule has 0 N–H and O–H groups in total. The third-order valence-corrected chi connectivity index (χ3v) is 7.45. The van der Waals surface area contributed by atoms with E-state index in [1.165, 1.54) is 27.9 Å². The summed E-state index contributed by atoms with van der Waals surface area (Å²) in [5, 5.41) is 0. The van der Waals surface area contributed by atoms with Crippen LogP contribution in [-0.4, -0.2) is 86.4 Å². The summed E-state index contributed by atoms with van der Waals surface area (Å²) in [5.74, 6) is -1.98. The van der Waals surface area contributed by atoms with Crippen molar-refractivity contribution in [2.75, 3.05) is 7.11 Å². The minimum Gasteiger partial charge on any atom is -0.456 e. The van der Waals surface area contributed by atoms with Crippen LogP contribution in [0.5, 0.6) is 0 Å². The van der Waals surface area contributed by atoms with Crippen molar-refractivity contribution in [2.45, 2.75) is 109 Å². The van der Waals surface area contributed by atoms with E-state index in [2.05, 4.69) is 0 Å². The molecular formula is C33H42O12. The van der Waals surface area contributed by atoms with Crippen LogP contribution in [0.1, 0.15) is 45.7 Å². The van der Waals surface area contributed by atoms with Gasteiger partial charge < -0.3 is 42.6 Å². The van der Waals surface area contributed by atoms with Gasteiger partial charge in [0.05, 0.1) is 25.4 Å². The quantitative estimate of drug-likeness (QED) is 0.251. The van der Waals surface area contributed by atoms with Gasteiger partial charge in [-0.3, -0.25) is 14.4 Å². The van der Waals surface area contributed by atoms with Crippen molar-refractivity contribution in [3.05, 3.63) is 71.8 Å². The third kappa shape index (κ3) is 9.32. The Morgan fingerprint density at radius 1 is 0.578 bits per heavy atom. The molecule has 0 aromatic heterocycles. The average molecular weight is 631 g/mol. The fourth-order valence-corrected chi connectivity index (χ4v) is 5.49. The van der Waals surface area contributed by atoms with Crippen LogP contribution in [0.4, 0.5) is 0 Å². The molecule has 12 heteroatoms. The number of methoxy groups -OCH3 is 1. The van der Waals surface area contributed by atoms with Gasteiger partial charge in [0.1, 0.15) is 18.3 Å². The fourth-order valence-electron chi connectivity index (χ4n) is 5.49. The lowest BCUT2D eigenvalue weighted by Gasteiger charge is -2.48. The summed E-state index contributed by atoms with van der Waals surface area (Å²) < 4.78 is 54.2. The predicted octanol–water partition coefficient (Wildman–Crippen LogP) is 3.47. The van der Waals surface area contributed by atoms with Crippen LogP contribution in [0.15, 0.2) is 60.7 Å². The Balaban J connectivity index is 1.70. The molecule has 0 bridgehead atoms. The molecule has 0 spiro atoms. The summed E-state index contributed by atoms with van der Waals surface area (Å²) in [6.45, 7) is 7.54. The van der Waals surface area contributed by atoms with E-state index < -0.39 is 79.3 Å². The first kappa shape index (κ1) is 34.5. The van der Waals surface area contributed by atoms with Crippen LogP contribution in [0.25, 0.3) is 0 Å². The van der Waals surface area contributed by atoms with Crippen molar-refractivity contribution in [1.29, 1.82) is 0 Å². The Kier molecular flexibility index (Phi) is 12.5. The van der Waals surface area contributed by atoms with Gasteiger partial charge in [-0.1, -0.05) is 60.7 Å². The highest BCUT2D eigenvalue weighted by atomic mass is 16.8. The lowest BCUT2D eigenvalue weighted by molar-refractivity contribution is -0.362. The maximum atomic E-state index is 12.3. The molecule has 0 unspecified atom stereocenters. The molecule has 2 heterocycles. The van der Waals surface area contributed by atoms with Crippen LogP contribution in [-0.2, 0) is 70.2 Å². The molecule has 2 saturated heterocycles. The number of carbonyl (C=O) groups excluding carboxylic acids is 3. The first-order valence-corrected chi connectivity index (χ1v) is 14.9. The van der Waals surface area contributed by atoms with E-state index in [0.29, 0.717) is 0 Å². The van der Waals surface area contributed by atoms with Gasteiger partial charge in [0.2, 0.25) is 0 Å². The van der Waals surface area contributed by atoms with E-state index in [1.807, 2.05) is 67.6 Å². The van der Waals surface area contributed by atoms with Crippen molar-refractivity contribution in [2.24, 2.45) is 0 Å². The highest BCUT2D eigenvalue weighted by Gasteiger charge is 2.55. The molecule has 2 aromatic carbocycles. The van der Waals surface area contributed by atoms with Crippen molar-refractivity contribution >= 4 is 17.9 Å². The van der Waals surface area contributed by atoms with Crippen molar-refractivity contribution in [1.82, 2.24) is 0 Å². The third-order valence-electron chi connectivity index (χ3n) is 7.45. The number of benzene rings is 2. The topological polar surface area (TPSA) is 134 Å². The molecule has 2 aliphatic rings. The van der Waals surface area contributed by atoms with Crippen LogP contribution in [0.2, 0.25) is 0 Å². The number of hydrogen-bond acceptors (Lipinski definition) is 12. The molecule has 0 saturated carbocycles. The summed E-state index contributed by atoms with van der Waals surface area (Å²) in [6, 6.07) is 19.2. The monoisotopic (exact) mass is 630 g/mol. The second-order valence-electron chi connectivity index (χ2n) is 11.0. The van der Waals surface area contributed by atoms with E-state index in [-0.39, 0.29) is 13.2 Å².